The Kier molecular flexibility index (Phi) is 7.96. The Morgan fingerprint density at radius 1 is 1.18 bits per heavy atom. The summed E-state index contributed by atoms with van der Waals surface area (Å²) in [6, 6.07) is 6.73. The van der Waals surface area contributed by atoms with Crippen LogP contribution in [0.1, 0.15) is 28.0 Å². The van der Waals surface area contributed by atoms with Gasteiger partial charge in [-0.2, -0.15) is 13.2 Å². The van der Waals surface area contributed by atoms with Gasteiger partial charge < -0.3 is 20.1 Å². The SMILES string of the molecule is COc1ccc(Nc2ccc(CNC(=O)[C@]3(C=NC(=O)c4cncnc4)CCOC3)nc2)c(C(F)(F)F)c1. The summed E-state index contributed by atoms with van der Waals surface area (Å²) in [5.41, 5.74) is -1.18. The van der Waals surface area contributed by atoms with Gasteiger partial charge in [0, 0.05) is 25.2 Å². The molecule has 1 aromatic carbocycles. The highest BCUT2D eigenvalue weighted by Gasteiger charge is 2.41. The second-order valence-corrected chi connectivity index (χ2v) is 8.40. The van der Waals surface area contributed by atoms with E-state index in [1.54, 1.807) is 12.1 Å². The number of aliphatic imine (C=N–C) groups is 1. The summed E-state index contributed by atoms with van der Waals surface area (Å²) in [4.78, 5) is 41.0. The Labute approximate surface area is 215 Å². The standard InChI is InChI=1S/C25H23F3N6O4/c1-37-19-4-5-21(20(8-19)25(26,27)28)34-18-3-2-17(31-12-18)11-32-23(36)24(6-7-38-14-24)13-33-22(35)16-9-29-15-30-10-16/h2-5,8-10,12-13,15,34H,6-7,11,14H2,1H3,(H,32,36)/t24-/m0/s1. The van der Waals surface area contributed by atoms with Crippen LogP contribution in [-0.4, -0.2) is 53.3 Å². The third kappa shape index (κ3) is 6.29. The summed E-state index contributed by atoms with van der Waals surface area (Å²) >= 11 is 0. The number of anilines is 2. The van der Waals surface area contributed by atoms with Gasteiger partial charge in [-0.15, -0.1) is 0 Å². The van der Waals surface area contributed by atoms with Crippen LogP contribution in [-0.2, 0) is 22.3 Å². The number of methoxy groups -OCH3 is 1. The van der Waals surface area contributed by atoms with Crippen molar-refractivity contribution in [1.29, 1.82) is 0 Å². The van der Waals surface area contributed by atoms with Crippen LogP contribution in [0.3, 0.4) is 0 Å². The van der Waals surface area contributed by atoms with Crippen molar-refractivity contribution >= 4 is 29.4 Å². The molecule has 0 radical (unpaired) electrons. The van der Waals surface area contributed by atoms with Crippen LogP contribution in [0, 0.1) is 5.41 Å². The topological polar surface area (TPSA) is 128 Å². The highest BCUT2D eigenvalue weighted by molar-refractivity contribution is 6.05. The lowest BCUT2D eigenvalue weighted by molar-refractivity contribution is -0.137. The van der Waals surface area contributed by atoms with E-state index in [4.69, 9.17) is 9.47 Å². The van der Waals surface area contributed by atoms with E-state index in [0.717, 1.165) is 6.07 Å². The average molecular weight is 528 g/mol. The Morgan fingerprint density at radius 2 is 1.97 bits per heavy atom. The van der Waals surface area contributed by atoms with Crippen LogP contribution < -0.4 is 15.4 Å². The fourth-order valence-corrected chi connectivity index (χ4v) is 3.69. The Bertz CT molecular complexity index is 1310. The van der Waals surface area contributed by atoms with Gasteiger partial charge in [0.05, 0.1) is 54.7 Å². The summed E-state index contributed by atoms with van der Waals surface area (Å²) in [6.07, 6.45) is 2.34. The third-order valence-electron chi connectivity index (χ3n) is 5.81. The van der Waals surface area contributed by atoms with Gasteiger partial charge in [-0.05, 0) is 36.8 Å². The summed E-state index contributed by atoms with van der Waals surface area (Å²) in [5.74, 6) is -0.895. The maximum absolute atomic E-state index is 13.5. The maximum Gasteiger partial charge on any atom is 0.418 e. The lowest BCUT2D eigenvalue weighted by Gasteiger charge is -2.21. The number of benzene rings is 1. The Balaban J connectivity index is 1.40. The van der Waals surface area contributed by atoms with Crippen molar-refractivity contribution in [3.8, 4) is 5.75 Å². The normalized spacial score (nSPS) is 17.4. The first-order chi connectivity index (χ1) is 18.2. The van der Waals surface area contributed by atoms with Crippen molar-refractivity contribution in [2.24, 2.45) is 10.4 Å². The molecule has 0 spiro atoms. The Hall–Kier alpha value is -4.39. The molecule has 38 heavy (non-hydrogen) atoms. The van der Waals surface area contributed by atoms with Gasteiger partial charge in [0.15, 0.2) is 0 Å². The van der Waals surface area contributed by atoms with Gasteiger partial charge in [-0.3, -0.25) is 14.6 Å². The summed E-state index contributed by atoms with van der Waals surface area (Å²) in [5, 5.41) is 5.48. The lowest BCUT2D eigenvalue weighted by Crippen LogP contribution is -2.42. The maximum atomic E-state index is 13.5. The van der Waals surface area contributed by atoms with Gasteiger partial charge in [0.25, 0.3) is 5.91 Å². The largest absolute Gasteiger partial charge is 0.497 e. The second kappa shape index (κ2) is 11.3. The van der Waals surface area contributed by atoms with Crippen LogP contribution >= 0.6 is 0 Å². The van der Waals surface area contributed by atoms with Crippen molar-refractivity contribution in [2.75, 3.05) is 25.6 Å². The molecule has 1 atom stereocenters. The molecule has 0 saturated carbocycles. The zero-order valence-electron chi connectivity index (χ0n) is 20.2. The molecular weight excluding hydrogens is 505 g/mol. The molecule has 3 aromatic rings. The summed E-state index contributed by atoms with van der Waals surface area (Å²) < 4.78 is 50.7. The van der Waals surface area contributed by atoms with E-state index in [2.05, 4.69) is 30.6 Å². The zero-order valence-corrected chi connectivity index (χ0v) is 20.2. The highest BCUT2D eigenvalue weighted by Crippen LogP contribution is 2.38. The van der Waals surface area contributed by atoms with E-state index in [0.29, 0.717) is 24.4 Å². The fourth-order valence-electron chi connectivity index (χ4n) is 3.69. The molecule has 1 aliphatic heterocycles. The van der Waals surface area contributed by atoms with Gasteiger partial charge in [0.2, 0.25) is 5.91 Å². The number of ether oxygens (including phenoxy) is 2. The third-order valence-corrected chi connectivity index (χ3v) is 5.81. The predicted molar refractivity (Wildman–Crippen MR) is 130 cm³/mol. The number of nitrogens with zero attached hydrogens (tertiary/aromatic N) is 4. The number of nitrogens with one attached hydrogen (secondary N) is 2. The van der Waals surface area contributed by atoms with Gasteiger partial charge in [-0.25, -0.2) is 15.0 Å². The first-order valence-corrected chi connectivity index (χ1v) is 11.4. The minimum atomic E-state index is -4.59. The van der Waals surface area contributed by atoms with E-state index in [1.807, 2.05) is 0 Å². The molecular formula is C25H23F3N6O4. The van der Waals surface area contributed by atoms with Crippen LogP contribution in [0.15, 0.2) is 60.2 Å². The molecule has 198 valence electrons. The minimum absolute atomic E-state index is 0.0471. The van der Waals surface area contributed by atoms with E-state index >= 15 is 0 Å². The first-order valence-electron chi connectivity index (χ1n) is 11.4. The molecule has 13 heteroatoms. The van der Waals surface area contributed by atoms with Crippen molar-refractivity contribution in [1.82, 2.24) is 20.3 Å². The monoisotopic (exact) mass is 528 g/mol. The fraction of sp³-hybridized carbons (Fsp3) is 0.280. The summed E-state index contributed by atoms with van der Waals surface area (Å²) in [7, 11) is 1.29. The number of rotatable bonds is 8. The lowest BCUT2D eigenvalue weighted by atomic mass is 9.87. The van der Waals surface area contributed by atoms with Crippen LogP contribution in [0.25, 0.3) is 0 Å². The molecule has 2 aromatic heterocycles. The summed E-state index contributed by atoms with van der Waals surface area (Å²) in [6.45, 7) is 0.429. The molecule has 0 bridgehead atoms. The van der Waals surface area contributed by atoms with Gasteiger partial charge in [-0.1, -0.05) is 0 Å². The number of hydrogen-bond donors (Lipinski definition) is 2. The van der Waals surface area contributed by atoms with Gasteiger partial charge >= 0.3 is 6.18 Å². The van der Waals surface area contributed by atoms with Gasteiger partial charge in [0.1, 0.15) is 17.5 Å². The van der Waals surface area contributed by atoms with E-state index in [1.165, 1.54) is 50.4 Å². The number of pyridine rings is 1. The second-order valence-electron chi connectivity index (χ2n) is 8.40. The van der Waals surface area contributed by atoms with E-state index in [9.17, 15) is 22.8 Å². The molecule has 1 saturated heterocycles. The molecule has 1 fully saturated rings. The Morgan fingerprint density at radius 3 is 2.61 bits per heavy atom. The van der Waals surface area contributed by atoms with Crippen molar-refractivity contribution in [2.45, 2.75) is 19.1 Å². The molecule has 0 aliphatic carbocycles. The number of halogens is 3. The number of carbonyl (C=O) groups is 2. The van der Waals surface area contributed by atoms with Crippen LogP contribution in [0.4, 0.5) is 24.5 Å². The first kappa shape index (κ1) is 26.7. The number of carbonyl (C=O) groups excluding carboxylic acids is 2. The van der Waals surface area contributed by atoms with E-state index in [-0.39, 0.29) is 30.2 Å². The molecule has 1 aliphatic rings. The van der Waals surface area contributed by atoms with Crippen molar-refractivity contribution in [3.63, 3.8) is 0 Å². The smallest absolute Gasteiger partial charge is 0.418 e. The van der Waals surface area contributed by atoms with E-state index < -0.39 is 29.0 Å². The number of aromatic nitrogens is 3. The molecule has 0 unspecified atom stereocenters. The number of alkyl halides is 3. The minimum Gasteiger partial charge on any atom is -0.497 e. The predicted octanol–water partition coefficient (Wildman–Crippen LogP) is 3.58. The molecule has 2 amide bonds. The molecule has 2 N–H and O–H groups in total. The average Bonchev–Trinajstić information content (AvgIpc) is 3.41. The molecule has 4 rings (SSSR count). The zero-order chi connectivity index (χ0) is 27.2. The highest BCUT2D eigenvalue weighted by atomic mass is 19.4. The van der Waals surface area contributed by atoms with Crippen molar-refractivity contribution < 1.29 is 32.2 Å². The number of hydrogen-bond acceptors (Lipinski definition) is 8. The quantitative estimate of drug-likeness (QED) is 0.425. The van der Waals surface area contributed by atoms with Crippen LogP contribution in [0.2, 0.25) is 0 Å². The molecule has 3 heterocycles. The molecule has 10 nitrogen and oxygen atoms in total. The number of amides is 2. The van der Waals surface area contributed by atoms with Crippen LogP contribution in [0.5, 0.6) is 5.75 Å². The van der Waals surface area contributed by atoms with Crippen molar-refractivity contribution in [3.05, 3.63) is 72.1 Å².